The Balaban J connectivity index is 1.99. The van der Waals surface area contributed by atoms with Crippen LogP contribution in [0.1, 0.15) is 28.4 Å². The van der Waals surface area contributed by atoms with E-state index < -0.39 is 11.5 Å². The van der Waals surface area contributed by atoms with Crippen LogP contribution in [0.15, 0.2) is 47.3 Å². The van der Waals surface area contributed by atoms with Gasteiger partial charge < -0.3 is 19.5 Å². The lowest BCUT2D eigenvalue weighted by atomic mass is 10.0. The van der Waals surface area contributed by atoms with Crippen LogP contribution in [0.5, 0.6) is 0 Å². The van der Waals surface area contributed by atoms with Crippen LogP contribution in [0, 0.1) is 12.7 Å². The number of fused-ring (bicyclic) bond motifs is 1. The van der Waals surface area contributed by atoms with Gasteiger partial charge in [-0.1, -0.05) is 23.8 Å². The fraction of sp³-hybridized carbons (Fsp3) is 0.333. The monoisotopic (exact) mass is 423 g/mol. The number of carbonyl (C=O) groups is 1. The van der Waals surface area contributed by atoms with Gasteiger partial charge in [0.15, 0.2) is 0 Å². The van der Waals surface area contributed by atoms with Gasteiger partial charge in [0.1, 0.15) is 11.4 Å². The lowest BCUT2D eigenvalue weighted by molar-refractivity contribution is 0.0524. The fourth-order valence-corrected chi connectivity index (χ4v) is 4.09. The smallest absolute Gasteiger partial charge is 0.345 e. The number of piperazine rings is 1. The van der Waals surface area contributed by atoms with Crippen molar-refractivity contribution in [3.05, 3.63) is 75.3 Å². The van der Waals surface area contributed by atoms with Crippen LogP contribution in [-0.2, 0) is 11.3 Å². The number of benzene rings is 2. The van der Waals surface area contributed by atoms with E-state index in [0.717, 1.165) is 35.1 Å². The van der Waals surface area contributed by atoms with Gasteiger partial charge >= 0.3 is 5.97 Å². The van der Waals surface area contributed by atoms with Gasteiger partial charge in [0.25, 0.3) is 5.56 Å². The Morgan fingerprint density at radius 1 is 1.13 bits per heavy atom. The van der Waals surface area contributed by atoms with E-state index in [2.05, 4.69) is 10.2 Å². The highest BCUT2D eigenvalue weighted by atomic mass is 19.1. The summed E-state index contributed by atoms with van der Waals surface area (Å²) in [6.45, 7) is 7.05. The third-order valence-electron chi connectivity index (χ3n) is 5.56. The zero-order valence-corrected chi connectivity index (χ0v) is 17.8. The number of hydrogen-bond acceptors (Lipinski definition) is 5. The molecule has 7 heteroatoms. The highest BCUT2D eigenvalue weighted by molar-refractivity contribution is 6.05. The topological polar surface area (TPSA) is 63.6 Å². The van der Waals surface area contributed by atoms with Crippen molar-refractivity contribution in [2.24, 2.45) is 0 Å². The number of esters is 1. The third kappa shape index (κ3) is 4.18. The van der Waals surface area contributed by atoms with E-state index in [1.54, 1.807) is 23.6 Å². The zero-order chi connectivity index (χ0) is 22.0. The maximum absolute atomic E-state index is 13.7. The first-order chi connectivity index (χ1) is 15.0. The molecule has 31 heavy (non-hydrogen) atoms. The summed E-state index contributed by atoms with van der Waals surface area (Å²) in [5.41, 5.74) is 2.85. The van der Waals surface area contributed by atoms with E-state index in [1.807, 2.05) is 25.1 Å². The molecule has 1 aromatic heterocycles. The summed E-state index contributed by atoms with van der Waals surface area (Å²) in [5.74, 6) is -0.949. The first-order valence-electron chi connectivity index (χ1n) is 10.5. The molecule has 3 aromatic rings. The molecule has 1 fully saturated rings. The summed E-state index contributed by atoms with van der Waals surface area (Å²) in [6, 6.07) is 11.9. The van der Waals surface area contributed by atoms with Crippen molar-refractivity contribution >= 4 is 22.6 Å². The van der Waals surface area contributed by atoms with E-state index in [9.17, 15) is 14.0 Å². The van der Waals surface area contributed by atoms with Crippen LogP contribution in [0.4, 0.5) is 10.1 Å². The summed E-state index contributed by atoms with van der Waals surface area (Å²) >= 11 is 0. The standard InChI is InChI=1S/C24H26FN3O3/c1-3-31-24(30)21-22(27-12-10-26-11-13-27)19-14-16(2)4-9-20(19)28(23(21)29)15-17-5-7-18(25)8-6-17/h4-9,14,26H,3,10-13,15H2,1-2H3. The van der Waals surface area contributed by atoms with Gasteiger partial charge in [-0.3, -0.25) is 4.79 Å². The van der Waals surface area contributed by atoms with Crippen molar-refractivity contribution < 1.29 is 13.9 Å². The van der Waals surface area contributed by atoms with Crippen molar-refractivity contribution in [3.63, 3.8) is 0 Å². The molecule has 2 heterocycles. The molecular weight excluding hydrogens is 397 g/mol. The van der Waals surface area contributed by atoms with E-state index in [-0.39, 0.29) is 24.5 Å². The number of anilines is 1. The zero-order valence-electron chi connectivity index (χ0n) is 17.8. The molecule has 6 nitrogen and oxygen atoms in total. The molecule has 2 aromatic carbocycles. The Hall–Kier alpha value is -3.19. The van der Waals surface area contributed by atoms with Crippen molar-refractivity contribution in [2.45, 2.75) is 20.4 Å². The van der Waals surface area contributed by atoms with E-state index in [4.69, 9.17) is 4.74 Å². The maximum atomic E-state index is 13.7. The van der Waals surface area contributed by atoms with Gasteiger partial charge in [-0.05, 0) is 43.7 Å². The number of hydrogen-bond donors (Lipinski definition) is 1. The van der Waals surface area contributed by atoms with Gasteiger partial charge in [0, 0.05) is 31.6 Å². The Morgan fingerprint density at radius 2 is 1.84 bits per heavy atom. The van der Waals surface area contributed by atoms with Crippen LogP contribution >= 0.6 is 0 Å². The van der Waals surface area contributed by atoms with Crippen LogP contribution in [0.25, 0.3) is 10.9 Å². The number of nitrogens with zero attached hydrogens (tertiary/aromatic N) is 2. The molecule has 0 amide bonds. The summed E-state index contributed by atoms with van der Waals surface area (Å²) in [4.78, 5) is 28.7. The van der Waals surface area contributed by atoms with Gasteiger partial charge in [-0.25, -0.2) is 9.18 Å². The Morgan fingerprint density at radius 3 is 2.52 bits per heavy atom. The minimum Gasteiger partial charge on any atom is -0.462 e. The number of rotatable bonds is 5. The van der Waals surface area contributed by atoms with Crippen LogP contribution < -0.4 is 15.8 Å². The van der Waals surface area contributed by atoms with E-state index >= 15 is 0 Å². The van der Waals surface area contributed by atoms with E-state index in [1.165, 1.54) is 12.1 Å². The average Bonchev–Trinajstić information content (AvgIpc) is 2.77. The number of carbonyl (C=O) groups excluding carboxylic acids is 1. The largest absolute Gasteiger partial charge is 0.462 e. The Bertz CT molecular complexity index is 1170. The number of halogens is 1. The molecule has 0 saturated carbocycles. The van der Waals surface area contributed by atoms with Gasteiger partial charge in [0.2, 0.25) is 0 Å². The molecule has 4 rings (SSSR count). The second-order valence-corrected chi connectivity index (χ2v) is 7.72. The van der Waals surface area contributed by atoms with Gasteiger partial charge in [-0.2, -0.15) is 0 Å². The number of nitrogens with one attached hydrogen (secondary N) is 1. The quantitative estimate of drug-likeness (QED) is 0.639. The maximum Gasteiger partial charge on any atom is 0.345 e. The number of aromatic nitrogens is 1. The molecule has 1 saturated heterocycles. The second kappa shape index (κ2) is 8.89. The average molecular weight is 423 g/mol. The van der Waals surface area contributed by atoms with Crippen molar-refractivity contribution in [2.75, 3.05) is 37.7 Å². The number of ether oxygens (including phenoxy) is 1. The molecule has 0 unspecified atom stereocenters. The molecule has 0 atom stereocenters. The van der Waals surface area contributed by atoms with Crippen molar-refractivity contribution in [1.29, 1.82) is 0 Å². The Kier molecular flexibility index (Phi) is 6.04. The second-order valence-electron chi connectivity index (χ2n) is 7.72. The summed E-state index contributed by atoms with van der Waals surface area (Å²) in [7, 11) is 0. The minimum atomic E-state index is -0.614. The fourth-order valence-electron chi connectivity index (χ4n) is 4.09. The minimum absolute atomic E-state index is 0.0592. The number of aryl methyl sites for hydroxylation is 1. The lowest BCUT2D eigenvalue weighted by Crippen LogP contribution is -2.45. The van der Waals surface area contributed by atoms with Crippen LogP contribution in [0.2, 0.25) is 0 Å². The summed E-state index contributed by atoms with van der Waals surface area (Å²) in [5, 5.41) is 4.15. The normalized spacial score (nSPS) is 14.1. The Labute approximate surface area is 180 Å². The molecule has 1 aliphatic heterocycles. The molecule has 162 valence electrons. The molecule has 1 N–H and O–H groups in total. The molecular formula is C24H26FN3O3. The first-order valence-corrected chi connectivity index (χ1v) is 10.5. The van der Waals surface area contributed by atoms with Crippen molar-refractivity contribution in [1.82, 2.24) is 9.88 Å². The predicted molar refractivity (Wildman–Crippen MR) is 119 cm³/mol. The molecule has 0 aliphatic carbocycles. The molecule has 0 radical (unpaired) electrons. The lowest BCUT2D eigenvalue weighted by Gasteiger charge is -2.32. The van der Waals surface area contributed by atoms with Crippen molar-refractivity contribution in [3.8, 4) is 0 Å². The van der Waals surface area contributed by atoms with Crippen LogP contribution in [-0.4, -0.2) is 43.3 Å². The third-order valence-corrected chi connectivity index (χ3v) is 5.56. The van der Waals surface area contributed by atoms with E-state index in [0.29, 0.717) is 18.8 Å². The van der Waals surface area contributed by atoms with Gasteiger partial charge in [-0.15, -0.1) is 0 Å². The summed E-state index contributed by atoms with van der Waals surface area (Å²) in [6.07, 6.45) is 0. The SMILES string of the molecule is CCOC(=O)c1c(N2CCNCC2)c2cc(C)ccc2n(Cc2ccc(F)cc2)c1=O. The highest BCUT2D eigenvalue weighted by Gasteiger charge is 2.28. The summed E-state index contributed by atoms with van der Waals surface area (Å²) < 4.78 is 20.3. The molecule has 0 bridgehead atoms. The molecule has 0 spiro atoms. The first kappa shape index (κ1) is 21.1. The predicted octanol–water partition coefficient (Wildman–Crippen LogP) is 3.08. The molecule has 1 aliphatic rings. The van der Waals surface area contributed by atoms with Crippen LogP contribution in [0.3, 0.4) is 0 Å². The number of pyridine rings is 1. The van der Waals surface area contributed by atoms with Gasteiger partial charge in [0.05, 0.1) is 24.4 Å². The highest BCUT2D eigenvalue weighted by Crippen LogP contribution is 2.31.